The maximum Gasteiger partial charge on any atom is 0.252 e. The first kappa shape index (κ1) is 20.4. The zero-order valence-corrected chi connectivity index (χ0v) is 16.7. The number of carbonyl (C=O) groups is 1. The van der Waals surface area contributed by atoms with E-state index in [2.05, 4.69) is 10.6 Å². The molecule has 2 N–H and O–H groups in total. The van der Waals surface area contributed by atoms with Gasteiger partial charge in [-0.25, -0.2) is 8.42 Å². The molecule has 2 heterocycles. The first-order chi connectivity index (χ1) is 12.0. The second-order valence-electron chi connectivity index (χ2n) is 6.31. The van der Waals surface area contributed by atoms with Crippen LogP contribution < -0.4 is 10.6 Å². The lowest BCUT2D eigenvalue weighted by Gasteiger charge is -2.16. The SMILES string of the molecule is CCN(CC)S(=O)(=O)c1ccc(CCNC(=O)CCC2CCNC2)s1. The van der Waals surface area contributed by atoms with Gasteiger partial charge in [-0.2, -0.15) is 4.31 Å². The zero-order valence-electron chi connectivity index (χ0n) is 15.1. The minimum atomic E-state index is -3.38. The number of hydrogen-bond acceptors (Lipinski definition) is 5. The summed E-state index contributed by atoms with van der Waals surface area (Å²) in [5, 5.41) is 6.24. The number of sulfonamides is 1. The first-order valence-electron chi connectivity index (χ1n) is 9.03. The van der Waals surface area contributed by atoms with Gasteiger partial charge in [0.15, 0.2) is 0 Å². The average molecular weight is 388 g/mol. The van der Waals surface area contributed by atoms with Gasteiger partial charge in [0.1, 0.15) is 4.21 Å². The molecular formula is C17H29N3O3S2. The molecule has 0 aliphatic carbocycles. The van der Waals surface area contributed by atoms with Gasteiger partial charge >= 0.3 is 0 Å². The van der Waals surface area contributed by atoms with E-state index >= 15 is 0 Å². The molecule has 0 aromatic carbocycles. The predicted octanol–water partition coefficient (Wildman–Crippen LogP) is 1.83. The van der Waals surface area contributed by atoms with Gasteiger partial charge in [-0.05, 0) is 50.4 Å². The lowest BCUT2D eigenvalue weighted by Crippen LogP contribution is -2.29. The van der Waals surface area contributed by atoms with Crippen LogP contribution in [0.2, 0.25) is 0 Å². The Bertz CT molecular complexity index is 648. The first-order valence-corrected chi connectivity index (χ1v) is 11.3. The second kappa shape index (κ2) is 9.66. The summed E-state index contributed by atoms with van der Waals surface area (Å²) >= 11 is 1.30. The van der Waals surface area contributed by atoms with Crippen molar-refractivity contribution >= 4 is 27.3 Å². The summed E-state index contributed by atoms with van der Waals surface area (Å²) in [5.74, 6) is 0.704. The van der Waals surface area contributed by atoms with Crippen molar-refractivity contribution in [1.82, 2.24) is 14.9 Å². The lowest BCUT2D eigenvalue weighted by molar-refractivity contribution is -0.121. The summed E-state index contributed by atoms with van der Waals surface area (Å²) in [4.78, 5) is 12.9. The molecule has 1 atom stereocenters. The number of carbonyl (C=O) groups excluding carboxylic acids is 1. The van der Waals surface area contributed by atoms with Crippen molar-refractivity contribution in [3.05, 3.63) is 17.0 Å². The largest absolute Gasteiger partial charge is 0.356 e. The fourth-order valence-corrected chi connectivity index (χ4v) is 6.00. The third kappa shape index (κ3) is 5.77. The van der Waals surface area contributed by atoms with Crippen molar-refractivity contribution < 1.29 is 13.2 Å². The third-order valence-corrected chi connectivity index (χ3v) is 8.23. The molecule has 142 valence electrons. The highest BCUT2D eigenvalue weighted by Crippen LogP contribution is 2.25. The molecular weight excluding hydrogens is 358 g/mol. The van der Waals surface area contributed by atoms with Gasteiger partial charge in [-0.1, -0.05) is 13.8 Å². The quantitative estimate of drug-likeness (QED) is 0.642. The Morgan fingerprint density at radius 3 is 2.76 bits per heavy atom. The molecule has 2 rings (SSSR count). The Morgan fingerprint density at radius 1 is 1.36 bits per heavy atom. The average Bonchev–Trinajstić information content (AvgIpc) is 3.26. The van der Waals surface area contributed by atoms with E-state index in [4.69, 9.17) is 0 Å². The molecule has 0 spiro atoms. The molecule has 1 unspecified atom stereocenters. The van der Waals surface area contributed by atoms with Gasteiger partial charge in [0.25, 0.3) is 10.0 Å². The molecule has 1 fully saturated rings. The van der Waals surface area contributed by atoms with Crippen LogP contribution in [-0.2, 0) is 21.2 Å². The standard InChI is InChI=1S/C17H29N3O3S2/c1-3-20(4-2)25(22,23)17-8-6-15(24-17)10-12-19-16(21)7-5-14-9-11-18-13-14/h6,8,14,18H,3-5,7,9-13H2,1-2H3,(H,19,21). The van der Waals surface area contributed by atoms with Gasteiger partial charge < -0.3 is 10.6 Å². The molecule has 1 aromatic rings. The lowest BCUT2D eigenvalue weighted by atomic mass is 10.0. The summed E-state index contributed by atoms with van der Waals surface area (Å²) < 4.78 is 26.8. The van der Waals surface area contributed by atoms with Crippen LogP contribution in [0.3, 0.4) is 0 Å². The number of rotatable bonds is 10. The van der Waals surface area contributed by atoms with E-state index < -0.39 is 10.0 Å². The zero-order chi connectivity index (χ0) is 18.3. The number of nitrogens with one attached hydrogen (secondary N) is 2. The number of thiophene rings is 1. The second-order valence-corrected chi connectivity index (χ2v) is 9.64. The van der Waals surface area contributed by atoms with Gasteiger partial charge in [-0.15, -0.1) is 11.3 Å². The van der Waals surface area contributed by atoms with E-state index in [1.165, 1.54) is 15.6 Å². The van der Waals surface area contributed by atoms with E-state index in [0.717, 1.165) is 30.8 Å². The minimum Gasteiger partial charge on any atom is -0.356 e. The van der Waals surface area contributed by atoms with E-state index in [1.807, 2.05) is 19.9 Å². The van der Waals surface area contributed by atoms with Crippen LogP contribution in [0.15, 0.2) is 16.3 Å². The molecule has 6 nitrogen and oxygen atoms in total. The van der Waals surface area contributed by atoms with Crippen LogP contribution in [-0.4, -0.2) is 51.4 Å². The van der Waals surface area contributed by atoms with Crippen LogP contribution in [0.25, 0.3) is 0 Å². The van der Waals surface area contributed by atoms with E-state index in [0.29, 0.717) is 42.6 Å². The van der Waals surface area contributed by atoms with E-state index in [-0.39, 0.29) is 5.91 Å². The van der Waals surface area contributed by atoms with Crippen molar-refractivity contribution in [1.29, 1.82) is 0 Å². The summed E-state index contributed by atoms with van der Waals surface area (Å²) in [5.41, 5.74) is 0. The van der Waals surface area contributed by atoms with Crippen molar-refractivity contribution in [3.8, 4) is 0 Å². The molecule has 1 amide bonds. The number of nitrogens with zero attached hydrogens (tertiary/aromatic N) is 1. The Kier molecular flexibility index (Phi) is 7.86. The molecule has 1 aliphatic heterocycles. The molecule has 1 aromatic heterocycles. The number of amides is 1. The predicted molar refractivity (Wildman–Crippen MR) is 101 cm³/mol. The van der Waals surface area contributed by atoms with Crippen LogP contribution in [0, 0.1) is 5.92 Å². The summed E-state index contributed by atoms with van der Waals surface area (Å²) in [6.07, 6.45) is 3.32. The van der Waals surface area contributed by atoms with Gasteiger partial charge in [-0.3, -0.25) is 4.79 Å². The Balaban J connectivity index is 1.76. The maximum absolute atomic E-state index is 12.5. The van der Waals surface area contributed by atoms with Gasteiger partial charge in [0, 0.05) is 30.9 Å². The fraction of sp³-hybridized carbons (Fsp3) is 0.706. The summed E-state index contributed by atoms with van der Waals surface area (Å²) in [6.45, 7) is 7.25. The molecule has 8 heteroatoms. The van der Waals surface area contributed by atoms with Crippen LogP contribution >= 0.6 is 11.3 Å². The number of hydrogen-bond donors (Lipinski definition) is 2. The van der Waals surface area contributed by atoms with Crippen molar-refractivity contribution in [2.45, 2.75) is 43.7 Å². The van der Waals surface area contributed by atoms with Crippen molar-refractivity contribution in [3.63, 3.8) is 0 Å². The molecule has 1 aliphatic rings. The molecule has 0 bridgehead atoms. The molecule has 25 heavy (non-hydrogen) atoms. The highest BCUT2D eigenvalue weighted by Gasteiger charge is 2.23. The maximum atomic E-state index is 12.5. The van der Waals surface area contributed by atoms with Crippen molar-refractivity contribution in [2.75, 3.05) is 32.7 Å². The van der Waals surface area contributed by atoms with Gasteiger partial charge in [0.2, 0.25) is 5.91 Å². The van der Waals surface area contributed by atoms with Crippen LogP contribution in [0.4, 0.5) is 0 Å². The van der Waals surface area contributed by atoms with Gasteiger partial charge in [0.05, 0.1) is 0 Å². The summed E-state index contributed by atoms with van der Waals surface area (Å²) in [7, 11) is -3.38. The minimum absolute atomic E-state index is 0.0828. The summed E-state index contributed by atoms with van der Waals surface area (Å²) in [6, 6.07) is 3.51. The highest BCUT2D eigenvalue weighted by atomic mass is 32.2. The fourth-order valence-electron chi connectivity index (χ4n) is 3.03. The molecule has 0 radical (unpaired) electrons. The molecule has 1 saturated heterocycles. The molecule has 0 saturated carbocycles. The normalized spacial score (nSPS) is 18.0. The Labute approximate surface area is 155 Å². The third-order valence-electron chi connectivity index (χ3n) is 4.57. The Morgan fingerprint density at radius 2 is 2.12 bits per heavy atom. The van der Waals surface area contributed by atoms with E-state index in [1.54, 1.807) is 6.07 Å². The van der Waals surface area contributed by atoms with Crippen LogP contribution in [0.5, 0.6) is 0 Å². The topological polar surface area (TPSA) is 78.5 Å². The Hall–Kier alpha value is -0.960. The van der Waals surface area contributed by atoms with Crippen LogP contribution in [0.1, 0.15) is 38.0 Å². The van der Waals surface area contributed by atoms with Crippen molar-refractivity contribution in [2.24, 2.45) is 5.92 Å². The highest BCUT2D eigenvalue weighted by molar-refractivity contribution is 7.91. The van der Waals surface area contributed by atoms with E-state index in [9.17, 15) is 13.2 Å². The monoisotopic (exact) mass is 387 g/mol. The smallest absolute Gasteiger partial charge is 0.252 e.